The Morgan fingerprint density at radius 3 is 2.35 bits per heavy atom. The highest BCUT2D eigenvalue weighted by atomic mass is 16.1. The number of carbonyl (C=O) groups is 1. The fourth-order valence-electron chi connectivity index (χ4n) is 2.32. The van der Waals surface area contributed by atoms with Gasteiger partial charge in [-0.25, -0.2) is 9.97 Å². The average Bonchev–Trinajstić information content (AvgIpc) is 2.39. The Hall–Kier alpha value is -1.45. The Labute approximate surface area is 102 Å². The standard InChI is InChI=1S/C13H19N3O/c1-10(2)12-3-5-16(6-4-12)13-14-7-11(9-17)8-15-13/h7-10,12H,3-6H2,1-2H3. The van der Waals surface area contributed by atoms with E-state index in [-0.39, 0.29) is 0 Å². The molecule has 0 saturated carbocycles. The number of rotatable bonds is 3. The van der Waals surface area contributed by atoms with Gasteiger partial charge < -0.3 is 4.90 Å². The topological polar surface area (TPSA) is 46.1 Å². The van der Waals surface area contributed by atoms with E-state index in [0.29, 0.717) is 5.56 Å². The number of carbonyl (C=O) groups excluding carboxylic acids is 1. The van der Waals surface area contributed by atoms with E-state index in [4.69, 9.17) is 0 Å². The molecular formula is C13H19N3O. The van der Waals surface area contributed by atoms with E-state index in [2.05, 4.69) is 28.7 Å². The highest BCUT2D eigenvalue weighted by Crippen LogP contribution is 2.25. The van der Waals surface area contributed by atoms with Gasteiger partial charge in [-0.15, -0.1) is 0 Å². The molecule has 0 atom stereocenters. The summed E-state index contributed by atoms with van der Waals surface area (Å²) in [5.41, 5.74) is 0.533. The van der Waals surface area contributed by atoms with E-state index in [1.165, 1.54) is 12.8 Å². The van der Waals surface area contributed by atoms with Gasteiger partial charge in [-0.1, -0.05) is 13.8 Å². The molecule has 0 aliphatic carbocycles. The molecule has 1 fully saturated rings. The second-order valence-electron chi connectivity index (χ2n) is 5.00. The number of hydrogen-bond donors (Lipinski definition) is 0. The second kappa shape index (κ2) is 5.25. The quantitative estimate of drug-likeness (QED) is 0.751. The van der Waals surface area contributed by atoms with Crippen molar-refractivity contribution in [1.29, 1.82) is 0 Å². The summed E-state index contributed by atoms with van der Waals surface area (Å²) in [5, 5.41) is 0. The Morgan fingerprint density at radius 2 is 1.88 bits per heavy atom. The van der Waals surface area contributed by atoms with Crippen LogP contribution in [0.1, 0.15) is 37.0 Å². The van der Waals surface area contributed by atoms with Crippen molar-refractivity contribution in [2.75, 3.05) is 18.0 Å². The first-order chi connectivity index (χ1) is 8.20. The number of nitrogens with zero attached hydrogens (tertiary/aromatic N) is 3. The van der Waals surface area contributed by atoms with Crippen LogP contribution in [0.4, 0.5) is 5.95 Å². The molecule has 2 heterocycles. The minimum absolute atomic E-state index is 0.533. The van der Waals surface area contributed by atoms with Gasteiger partial charge in [-0.2, -0.15) is 0 Å². The molecule has 1 aliphatic heterocycles. The molecule has 1 aromatic heterocycles. The van der Waals surface area contributed by atoms with Gasteiger partial charge in [0.2, 0.25) is 5.95 Å². The lowest BCUT2D eigenvalue weighted by atomic mass is 9.87. The Kier molecular flexibility index (Phi) is 3.71. The molecule has 4 nitrogen and oxygen atoms in total. The summed E-state index contributed by atoms with van der Waals surface area (Å²) in [6, 6.07) is 0. The van der Waals surface area contributed by atoms with Crippen LogP contribution < -0.4 is 4.90 Å². The van der Waals surface area contributed by atoms with Crippen molar-refractivity contribution >= 4 is 12.2 Å². The van der Waals surface area contributed by atoms with Gasteiger partial charge in [0.15, 0.2) is 6.29 Å². The molecule has 0 unspecified atom stereocenters. The molecule has 1 aliphatic rings. The summed E-state index contributed by atoms with van der Waals surface area (Å²) < 4.78 is 0. The van der Waals surface area contributed by atoms with Crippen molar-refractivity contribution < 1.29 is 4.79 Å². The molecule has 1 aromatic rings. The third-order valence-electron chi connectivity index (χ3n) is 3.56. The molecular weight excluding hydrogens is 214 g/mol. The minimum Gasteiger partial charge on any atom is -0.341 e. The first-order valence-corrected chi connectivity index (χ1v) is 6.23. The zero-order valence-corrected chi connectivity index (χ0v) is 10.5. The molecule has 0 aromatic carbocycles. The maximum Gasteiger partial charge on any atom is 0.225 e. The van der Waals surface area contributed by atoms with E-state index < -0.39 is 0 Å². The van der Waals surface area contributed by atoms with Gasteiger partial charge in [-0.05, 0) is 24.7 Å². The lowest BCUT2D eigenvalue weighted by Gasteiger charge is -2.33. The molecule has 0 bridgehead atoms. The monoisotopic (exact) mass is 233 g/mol. The second-order valence-corrected chi connectivity index (χ2v) is 5.00. The lowest BCUT2D eigenvalue weighted by Crippen LogP contribution is -2.36. The summed E-state index contributed by atoms with van der Waals surface area (Å²) in [7, 11) is 0. The molecule has 0 amide bonds. The van der Waals surface area contributed by atoms with E-state index in [1.54, 1.807) is 12.4 Å². The SMILES string of the molecule is CC(C)C1CCN(c2ncc(C=O)cn2)CC1. The van der Waals surface area contributed by atoms with Crippen molar-refractivity contribution in [2.45, 2.75) is 26.7 Å². The van der Waals surface area contributed by atoms with Crippen LogP contribution in [0.5, 0.6) is 0 Å². The van der Waals surface area contributed by atoms with Gasteiger partial charge in [0.05, 0.1) is 5.56 Å². The fourth-order valence-corrected chi connectivity index (χ4v) is 2.32. The highest BCUT2D eigenvalue weighted by molar-refractivity contribution is 5.73. The Bertz CT molecular complexity index is 367. The zero-order chi connectivity index (χ0) is 12.3. The first-order valence-electron chi connectivity index (χ1n) is 6.23. The summed E-state index contributed by atoms with van der Waals surface area (Å²) in [5.74, 6) is 2.33. The van der Waals surface area contributed by atoms with E-state index >= 15 is 0 Å². The number of aldehydes is 1. The number of piperidine rings is 1. The minimum atomic E-state index is 0.533. The lowest BCUT2D eigenvalue weighted by molar-refractivity contribution is 0.112. The Balaban J connectivity index is 1.97. The van der Waals surface area contributed by atoms with Crippen molar-refractivity contribution in [1.82, 2.24) is 9.97 Å². The van der Waals surface area contributed by atoms with Gasteiger partial charge in [0.1, 0.15) is 0 Å². The van der Waals surface area contributed by atoms with Crippen molar-refractivity contribution in [3.05, 3.63) is 18.0 Å². The molecule has 1 saturated heterocycles. The zero-order valence-electron chi connectivity index (χ0n) is 10.5. The number of aromatic nitrogens is 2. The third-order valence-corrected chi connectivity index (χ3v) is 3.56. The molecule has 0 radical (unpaired) electrons. The fraction of sp³-hybridized carbons (Fsp3) is 0.615. The molecule has 0 spiro atoms. The predicted molar refractivity (Wildman–Crippen MR) is 67.2 cm³/mol. The van der Waals surface area contributed by atoms with Crippen LogP contribution in [0.15, 0.2) is 12.4 Å². The van der Waals surface area contributed by atoms with Crippen molar-refractivity contribution in [3.8, 4) is 0 Å². The predicted octanol–water partition coefficient (Wildman–Crippen LogP) is 2.16. The van der Waals surface area contributed by atoms with Gasteiger partial charge in [-0.3, -0.25) is 4.79 Å². The third kappa shape index (κ3) is 2.81. The van der Waals surface area contributed by atoms with Gasteiger partial charge in [0, 0.05) is 25.5 Å². The smallest absolute Gasteiger partial charge is 0.225 e. The molecule has 4 heteroatoms. The van der Waals surface area contributed by atoms with Crippen LogP contribution in [-0.4, -0.2) is 29.3 Å². The first kappa shape index (κ1) is 12.0. The largest absolute Gasteiger partial charge is 0.341 e. The number of hydrogen-bond acceptors (Lipinski definition) is 4. The summed E-state index contributed by atoms with van der Waals surface area (Å²) in [6.07, 6.45) is 6.36. The van der Waals surface area contributed by atoms with Crippen LogP contribution in [0.25, 0.3) is 0 Å². The van der Waals surface area contributed by atoms with Crippen LogP contribution in [-0.2, 0) is 0 Å². The molecule has 0 N–H and O–H groups in total. The van der Waals surface area contributed by atoms with Gasteiger partial charge >= 0.3 is 0 Å². The van der Waals surface area contributed by atoms with E-state index in [1.807, 2.05) is 0 Å². The van der Waals surface area contributed by atoms with E-state index in [0.717, 1.165) is 37.2 Å². The summed E-state index contributed by atoms with van der Waals surface area (Å²) in [4.78, 5) is 21.2. The summed E-state index contributed by atoms with van der Waals surface area (Å²) >= 11 is 0. The molecule has 2 rings (SSSR count). The van der Waals surface area contributed by atoms with Crippen LogP contribution in [0.3, 0.4) is 0 Å². The average molecular weight is 233 g/mol. The van der Waals surface area contributed by atoms with Crippen molar-refractivity contribution in [3.63, 3.8) is 0 Å². The molecule has 92 valence electrons. The van der Waals surface area contributed by atoms with Gasteiger partial charge in [0.25, 0.3) is 0 Å². The maximum absolute atomic E-state index is 10.5. The normalized spacial score (nSPS) is 17.5. The summed E-state index contributed by atoms with van der Waals surface area (Å²) in [6.45, 7) is 6.61. The Morgan fingerprint density at radius 1 is 1.29 bits per heavy atom. The highest BCUT2D eigenvalue weighted by Gasteiger charge is 2.22. The van der Waals surface area contributed by atoms with E-state index in [9.17, 15) is 4.79 Å². The molecule has 17 heavy (non-hydrogen) atoms. The number of anilines is 1. The maximum atomic E-state index is 10.5. The van der Waals surface area contributed by atoms with Crippen LogP contribution in [0, 0.1) is 11.8 Å². The van der Waals surface area contributed by atoms with Crippen molar-refractivity contribution in [2.24, 2.45) is 11.8 Å². The van der Waals surface area contributed by atoms with Crippen LogP contribution in [0.2, 0.25) is 0 Å². The van der Waals surface area contributed by atoms with Crippen LogP contribution >= 0.6 is 0 Å².